The highest BCUT2D eigenvalue weighted by molar-refractivity contribution is 5.94. The minimum Gasteiger partial charge on any atom is -0.493 e. The van der Waals surface area contributed by atoms with Gasteiger partial charge in [-0.2, -0.15) is 0 Å². The van der Waals surface area contributed by atoms with E-state index >= 15 is 0 Å². The molecule has 1 amide bonds. The van der Waals surface area contributed by atoms with E-state index in [1.807, 2.05) is 6.92 Å². The number of hydrogen-bond donors (Lipinski definition) is 1. The van der Waals surface area contributed by atoms with Crippen LogP contribution in [0.2, 0.25) is 0 Å². The fraction of sp³-hybridized carbons (Fsp3) is 0.235. The second-order valence-corrected chi connectivity index (χ2v) is 4.77. The number of rotatable bonds is 5. The predicted molar refractivity (Wildman–Crippen MR) is 82.2 cm³/mol. The Bertz CT molecular complexity index is 732. The quantitative estimate of drug-likeness (QED) is 0.914. The molecule has 0 atom stereocenters. The molecule has 0 aliphatic heterocycles. The summed E-state index contributed by atoms with van der Waals surface area (Å²) in [4.78, 5) is 11.5. The van der Waals surface area contributed by atoms with Gasteiger partial charge in [0.05, 0.1) is 7.11 Å². The van der Waals surface area contributed by atoms with Gasteiger partial charge in [-0.15, -0.1) is 0 Å². The summed E-state index contributed by atoms with van der Waals surface area (Å²) in [6.07, 6.45) is 0.498. The second kappa shape index (κ2) is 7.09. The largest absolute Gasteiger partial charge is 0.493 e. The highest BCUT2D eigenvalue weighted by Crippen LogP contribution is 2.35. The van der Waals surface area contributed by atoms with Crippen LogP contribution in [0.1, 0.15) is 22.8 Å². The van der Waals surface area contributed by atoms with Crippen molar-refractivity contribution < 1.29 is 23.0 Å². The molecule has 0 aromatic heterocycles. The van der Waals surface area contributed by atoms with Gasteiger partial charge in [0.25, 0.3) is 5.91 Å². The maximum Gasteiger partial charge on any atom is 0.251 e. The molecule has 122 valence electrons. The lowest BCUT2D eigenvalue weighted by atomic mass is 10.1. The number of aryl methyl sites for hydroxylation is 1. The van der Waals surface area contributed by atoms with Gasteiger partial charge in [-0.05, 0) is 36.2 Å². The number of amides is 1. The van der Waals surface area contributed by atoms with E-state index in [1.165, 1.54) is 32.4 Å². The van der Waals surface area contributed by atoms with Crippen LogP contribution in [0.15, 0.2) is 30.3 Å². The van der Waals surface area contributed by atoms with Crippen LogP contribution in [0.3, 0.4) is 0 Å². The molecule has 2 rings (SSSR count). The van der Waals surface area contributed by atoms with Crippen LogP contribution >= 0.6 is 0 Å². The maximum absolute atomic E-state index is 14.1. The van der Waals surface area contributed by atoms with E-state index in [0.717, 1.165) is 12.1 Å². The van der Waals surface area contributed by atoms with Crippen LogP contribution in [0.5, 0.6) is 17.2 Å². The van der Waals surface area contributed by atoms with E-state index in [2.05, 4.69) is 5.32 Å². The van der Waals surface area contributed by atoms with E-state index in [0.29, 0.717) is 17.7 Å². The fourth-order valence-electron chi connectivity index (χ4n) is 2.08. The number of ether oxygens (including phenoxy) is 2. The van der Waals surface area contributed by atoms with Crippen molar-refractivity contribution in [1.29, 1.82) is 0 Å². The zero-order valence-electron chi connectivity index (χ0n) is 13.1. The molecule has 1 N–H and O–H groups in total. The SMILES string of the molecule is CCc1cc(OC)c(Oc2ccc(C(=O)NC)cc2F)cc1F. The molecular weight excluding hydrogens is 304 g/mol. The lowest BCUT2D eigenvalue weighted by Gasteiger charge is -2.13. The van der Waals surface area contributed by atoms with Gasteiger partial charge in [-0.3, -0.25) is 4.79 Å². The summed E-state index contributed by atoms with van der Waals surface area (Å²) in [5.41, 5.74) is 0.640. The molecule has 4 nitrogen and oxygen atoms in total. The third kappa shape index (κ3) is 3.59. The van der Waals surface area contributed by atoms with E-state index < -0.39 is 17.5 Å². The number of methoxy groups -OCH3 is 1. The zero-order chi connectivity index (χ0) is 17.0. The molecule has 2 aromatic carbocycles. The highest BCUT2D eigenvalue weighted by atomic mass is 19.1. The van der Waals surface area contributed by atoms with Crippen LogP contribution in [0.25, 0.3) is 0 Å². The van der Waals surface area contributed by atoms with Crippen molar-refractivity contribution in [1.82, 2.24) is 5.32 Å². The van der Waals surface area contributed by atoms with Crippen molar-refractivity contribution in [3.8, 4) is 17.2 Å². The Morgan fingerprint density at radius 2 is 1.83 bits per heavy atom. The van der Waals surface area contributed by atoms with Gasteiger partial charge in [-0.25, -0.2) is 8.78 Å². The monoisotopic (exact) mass is 321 g/mol. The minimum absolute atomic E-state index is 0.0637. The molecule has 0 unspecified atom stereocenters. The van der Waals surface area contributed by atoms with Crippen LogP contribution in [-0.2, 0) is 6.42 Å². The Balaban J connectivity index is 2.35. The van der Waals surface area contributed by atoms with Gasteiger partial charge < -0.3 is 14.8 Å². The van der Waals surface area contributed by atoms with E-state index in [1.54, 1.807) is 0 Å². The van der Waals surface area contributed by atoms with Crippen molar-refractivity contribution >= 4 is 5.91 Å². The molecule has 0 spiro atoms. The van der Waals surface area contributed by atoms with Crippen LogP contribution in [-0.4, -0.2) is 20.1 Å². The molecule has 23 heavy (non-hydrogen) atoms. The summed E-state index contributed by atoms with van der Waals surface area (Å²) in [6, 6.07) is 6.45. The molecule has 0 fully saturated rings. The van der Waals surface area contributed by atoms with Gasteiger partial charge in [0.2, 0.25) is 0 Å². The Hall–Kier alpha value is -2.63. The number of hydrogen-bond acceptors (Lipinski definition) is 3. The first-order valence-corrected chi connectivity index (χ1v) is 7.06. The zero-order valence-corrected chi connectivity index (χ0v) is 13.1. The number of carbonyl (C=O) groups is 1. The third-order valence-electron chi connectivity index (χ3n) is 3.35. The standard InChI is InChI=1S/C17H17F2NO3/c1-4-10-8-15(22-3)16(9-12(10)18)23-14-6-5-11(7-13(14)19)17(21)20-2/h5-9H,4H2,1-3H3,(H,20,21). The summed E-state index contributed by atoms with van der Waals surface area (Å²) >= 11 is 0. The molecule has 6 heteroatoms. The summed E-state index contributed by atoms with van der Waals surface area (Å²) in [5, 5.41) is 2.40. The molecule has 0 aliphatic carbocycles. The minimum atomic E-state index is -0.729. The van der Waals surface area contributed by atoms with Gasteiger partial charge in [-0.1, -0.05) is 6.92 Å². The third-order valence-corrected chi connectivity index (χ3v) is 3.35. The summed E-state index contributed by atoms with van der Waals surface area (Å²) in [7, 11) is 2.87. The van der Waals surface area contributed by atoms with Gasteiger partial charge in [0, 0.05) is 18.7 Å². The van der Waals surface area contributed by atoms with Crippen molar-refractivity contribution in [3.63, 3.8) is 0 Å². The average molecular weight is 321 g/mol. The van der Waals surface area contributed by atoms with Crippen molar-refractivity contribution in [2.75, 3.05) is 14.2 Å². The van der Waals surface area contributed by atoms with Gasteiger partial charge >= 0.3 is 0 Å². The first-order chi connectivity index (χ1) is 11.0. The molecule has 0 aliphatic rings. The van der Waals surface area contributed by atoms with Gasteiger partial charge in [0.15, 0.2) is 23.1 Å². The smallest absolute Gasteiger partial charge is 0.251 e. The molecule has 0 radical (unpaired) electrons. The Morgan fingerprint density at radius 3 is 2.39 bits per heavy atom. The van der Waals surface area contributed by atoms with Crippen molar-refractivity contribution in [3.05, 3.63) is 53.1 Å². The highest BCUT2D eigenvalue weighted by Gasteiger charge is 2.15. The summed E-state index contributed by atoms with van der Waals surface area (Å²) in [5.74, 6) is -1.35. The van der Waals surface area contributed by atoms with Crippen LogP contribution < -0.4 is 14.8 Å². The predicted octanol–water partition coefficient (Wildman–Crippen LogP) is 3.69. The molecule has 0 heterocycles. The topological polar surface area (TPSA) is 47.6 Å². The molecular formula is C17H17F2NO3. The maximum atomic E-state index is 14.1. The Kier molecular flexibility index (Phi) is 5.16. The van der Waals surface area contributed by atoms with Crippen LogP contribution in [0, 0.1) is 11.6 Å². The lowest BCUT2D eigenvalue weighted by Crippen LogP contribution is -2.17. The Morgan fingerprint density at radius 1 is 1.09 bits per heavy atom. The molecule has 0 saturated carbocycles. The van der Waals surface area contributed by atoms with E-state index in [-0.39, 0.29) is 17.1 Å². The second-order valence-electron chi connectivity index (χ2n) is 4.77. The first-order valence-electron chi connectivity index (χ1n) is 7.06. The van der Waals surface area contributed by atoms with Crippen molar-refractivity contribution in [2.24, 2.45) is 0 Å². The fourth-order valence-corrected chi connectivity index (χ4v) is 2.08. The number of halogens is 2. The van der Waals surface area contributed by atoms with Gasteiger partial charge in [0.1, 0.15) is 5.82 Å². The molecule has 0 bridgehead atoms. The van der Waals surface area contributed by atoms with Crippen LogP contribution in [0.4, 0.5) is 8.78 Å². The average Bonchev–Trinajstić information content (AvgIpc) is 2.56. The Labute approximate surface area is 133 Å². The number of nitrogens with one attached hydrogen (secondary N) is 1. The summed E-state index contributed by atoms with van der Waals surface area (Å²) < 4.78 is 38.5. The lowest BCUT2D eigenvalue weighted by molar-refractivity contribution is 0.0962. The van der Waals surface area contributed by atoms with E-state index in [9.17, 15) is 13.6 Å². The summed E-state index contributed by atoms with van der Waals surface area (Å²) in [6.45, 7) is 1.82. The molecule has 2 aromatic rings. The van der Waals surface area contributed by atoms with Crippen molar-refractivity contribution in [2.45, 2.75) is 13.3 Å². The first kappa shape index (κ1) is 16.7. The van der Waals surface area contributed by atoms with E-state index in [4.69, 9.17) is 9.47 Å². The number of benzene rings is 2. The number of carbonyl (C=O) groups excluding carboxylic acids is 1. The molecule has 0 saturated heterocycles. The normalized spacial score (nSPS) is 10.3.